The van der Waals surface area contributed by atoms with Crippen molar-refractivity contribution in [2.45, 2.75) is 26.2 Å². The van der Waals surface area contributed by atoms with Gasteiger partial charge in [0.15, 0.2) is 0 Å². The number of rotatable bonds is 8. The summed E-state index contributed by atoms with van der Waals surface area (Å²) >= 11 is 0. The number of anilines is 1. The number of aryl methyl sites for hydroxylation is 1. The van der Waals surface area contributed by atoms with Gasteiger partial charge in [0.1, 0.15) is 5.82 Å². The van der Waals surface area contributed by atoms with Crippen molar-refractivity contribution >= 4 is 11.7 Å². The number of nitrogens with zero attached hydrogens (tertiary/aromatic N) is 2. The maximum Gasteiger partial charge on any atom is 0.255 e. The Labute approximate surface area is 123 Å². The fourth-order valence-electron chi connectivity index (χ4n) is 1.97. The highest BCUT2D eigenvalue weighted by Gasteiger charge is 2.20. The van der Waals surface area contributed by atoms with Crippen LogP contribution in [-0.2, 0) is 6.42 Å². The average Bonchev–Trinajstić information content (AvgIpc) is 2.45. The van der Waals surface area contributed by atoms with Crippen LogP contribution in [0.4, 0.5) is 14.6 Å². The van der Waals surface area contributed by atoms with Crippen LogP contribution in [0.25, 0.3) is 0 Å². The van der Waals surface area contributed by atoms with Gasteiger partial charge in [-0.15, -0.1) is 0 Å². The van der Waals surface area contributed by atoms with E-state index in [1.807, 2.05) is 6.92 Å². The van der Waals surface area contributed by atoms with Crippen molar-refractivity contribution in [3.8, 4) is 0 Å². The lowest BCUT2D eigenvalue weighted by Crippen LogP contribution is -2.37. The van der Waals surface area contributed by atoms with Crippen LogP contribution >= 0.6 is 0 Å². The average molecular weight is 301 g/mol. The Balaban J connectivity index is 3.04. The summed E-state index contributed by atoms with van der Waals surface area (Å²) in [7, 11) is 1.68. The van der Waals surface area contributed by atoms with Gasteiger partial charge in [0.05, 0.1) is 13.2 Å². The van der Waals surface area contributed by atoms with E-state index in [0.29, 0.717) is 17.8 Å². The Morgan fingerprint density at radius 3 is 2.71 bits per heavy atom. The van der Waals surface area contributed by atoms with Crippen molar-refractivity contribution in [1.29, 1.82) is 0 Å². The number of nitrogens with one attached hydrogen (secondary N) is 1. The Kier molecular flexibility index (Phi) is 7.01. The van der Waals surface area contributed by atoms with E-state index >= 15 is 0 Å². The first-order valence-corrected chi connectivity index (χ1v) is 6.88. The second kappa shape index (κ2) is 8.51. The maximum atomic E-state index is 12.5. The lowest BCUT2D eigenvalue weighted by atomic mass is 10.1. The van der Waals surface area contributed by atoms with Crippen LogP contribution in [0.3, 0.4) is 0 Å². The summed E-state index contributed by atoms with van der Waals surface area (Å²) in [5.74, 6) is -0.00843. The SMILES string of the molecule is CCCc1cc(C(=O)N(CCO)CC(F)F)cc(NC)n1. The molecule has 21 heavy (non-hydrogen) atoms. The fourth-order valence-corrected chi connectivity index (χ4v) is 1.97. The number of hydrogen-bond donors (Lipinski definition) is 2. The van der Waals surface area contributed by atoms with Crippen molar-refractivity contribution in [1.82, 2.24) is 9.88 Å². The molecule has 0 unspecified atom stereocenters. The van der Waals surface area contributed by atoms with Gasteiger partial charge in [0.25, 0.3) is 12.3 Å². The molecule has 0 aromatic carbocycles. The minimum Gasteiger partial charge on any atom is -0.395 e. The molecule has 0 atom stereocenters. The molecule has 0 aliphatic carbocycles. The molecule has 0 fully saturated rings. The van der Waals surface area contributed by atoms with Crippen LogP contribution in [0.15, 0.2) is 12.1 Å². The number of hydrogen-bond acceptors (Lipinski definition) is 4. The predicted molar refractivity (Wildman–Crippen MR) is 76.8 cm³/mol. The van der Waals surface area contributed by atoms with Crippen molar-refractivity contribution in [2.75, 3.05) is 32.1 Å². The van der Waals surface area contributed by atoms with E-state index in [-0.39, 0.29) is 13.2 Å². The van der Waals surface area contributed by atoms with Gasteiger partial charge in [-0.1, -0.05) is 13.3 Å². The Hall–Kier alpha value is -1.76. The van der Waals surface area contributed by atoms with E-state index in [2.05, 4.69) is 10.3 Å². The summed E-state index contributed by atoms with van der Waals surface area (Å²) in [5.41, 5.74) is 1.03. The molecular weight excluding hydrogens is 280 g/mol. The van der Waals surface area contributed by atoms with Crippen LogP contribution in [-0.4, -0.2) is 54.1 Å². The number of aromatic nitrogens is 1. The van der Waals surface area contributed by atoms with Crippen molar-refractivity contribution < 1.29 is 18.7 Å². The van der Waals surface area contributed by atoms with Gasteiger partial charge in [-0.05, 0) is 18.6 Å². The van der Waals surface area contributed by atoms with Gasteiger partial charge in [-0.3, -0.25) is 4.79 Å². The van der Waals surface area contributed by atoms with Gasteiger partial charge in [-0.2, -0.15) is 0 Å². The molecule has 0 saturated heterocycles. The molecule has 1 heterocycles. The van der Waals surface area contributed by atoms with E-state index in [0.717, 1.165) is 17.0 Å². The standard InChI is InChI=1S/C14H21F2N3O2/c1-3-4-11-7-10(8-13(17-2)18-11)14(21)19(5-6-20)9-12(15)16/h7-8,12,20H,3-6,9H2,1-2H3,(H,17,18). The highest BCUT2D eigenvalue weighted by Crippen LogP contribution is 2.15. The summed E-state index contributed by atoms with van der Waals surface area (Å²) in [6, 6.07) is 3.14. The molecule has 1 amide bonds. The van der Waals surface area contributed by atoms with Crippen molar-refractivity contribution in [3.63, 3.8) is 0 Å². The van der Waals surface area contributed by atoms with Crippen LogP contribution in [0.1, 0.15) is 29.4 Å². The van der Waals surface area contributed by atoms with Gasteiger partial charge in [0.2, 0.25) is 0 Å². The zero-order valence-electron chi connectivity index (χ0n) is 12.3. The summed E-state index contributed by atoms with van der Waals surface area (Å²) < 4.78 is 25.1. The molecule has 118 valence electrons. The van der Waals surface area contributed by atoms with Crippen LogP contribution < -0.4 is 5.32 Å². The molecule has 1 rings (SSSR count). The van der Waals surface area contributed by atoms with E-state index in [1.165, 1.54) is 6.07 Å². The summed E-state index contributed by atoms with van der Waals surface area (Å²) in [4.78, 5) is 17.6. The van der Waals surface area contributed by atoms with E-state index in [1.54, 1.807) is 13.1 Å². The van der Waals surface area contributed by atoms with Gasteiger partial charge in [-0.25, -0.2) is 13.8 Å². The monoisotopic (exact) mass is 301 g/mol. The van der Waals surface area contributed by atoms with E-state index < -0.39 is 18.9 Å². The molecule has 0 aliphatic heterocycles. The van der Waals surface area contributed by atoms with Gasteiger partial charge in [0, 0.05) is 24.8 Å². The number of aliphatic hydroxyl groups is 1. The predicted octanol–water partition coefficient (Wildman–Crippen LogP) is 1.78. The van der Waals surface area contributed by atoms with E-state index in [4.69, 9.17) is 5.11 Å². The first-order chi connectivity index (χ1) is 10.0. The van der Waals surface area contributed by atoms with Crippen LogP contribution in [0.5, 0.6) is 0 Å². The highest BCUT2D eigenvalue weighted by molar-refractivity contribution is 5.95. The van der Waals surface area contributed by atoms with E-state index in [9.17, 15) is 13.6 Å². The third-order valence-corrected chi connectivity index (χ3v) is 2.90. The number of carbonyl (C=O) groups excluding carboxylic acids is 1. The lowest BCUT2D eigenvalue weighted by Gasteiger charge is -2.21. The fraction of sp³-hybridized carbons (Fsp3) is 0.571. The first-order valence-electron chi connectivity index (χ1n) is 6.88. The van der Waals surface area contributed by atoms with Gasteiger partial charge >= 0.3 is 0 Å². The molecule has 0 radical (unpaired) electrons. The molecule has 1 aromatic rings. The highest BCUT2D eigenvalue weighted by atomic mass is 19.3. The zero-order chi connectivity index (χ0) is 15.8. The lowest BCUT2D eigenvalue weighted by molar-refractivity contribution is 0.0509. The zero-order valence-corrected chi connectivity index (χ0v) is 12.3. The minimum atomic E-state index is -2.64. The number of carbonyl (C=O) groups is 1. The molecule has 0 aliphatic rings. The third kappa shape index (κ3) is 5.26. The van der Waals surface area contributed by atoms with Crippen molar-refractivity contribution in [3.05, 3.63) is 23.4 Å². The minimum absolute atomic E-state index is 0.122. The second-order valence-corrected chi connectivity index (χ2v) is 4.60. The van der Waals surface area contributed by atoms with Crippen LogP contribution in [0.2, 0.25) is 0 Å². The maximum absolute atomic E-state index is 12.5. The summed E-state index contributed by atoms with van der Waals surface area (Å²) in [6.45, 7) is 0.817. The normalized spacial score (nSPS) is 10.8. The second-order valence-electron chi connectivity index (χ2n) is 4.60. The summed E-state index contributed by atoms with van der Waals surface area (Å²) in [5, 5.41) is 11.8. The molecule has 2 N–H and O–H groups in total. The molecule has 1 aromatic heterocycles. The smallest absolute Gasteiger partial charge is 0.255 e. The molecule has 7 heteroatoms. The third-order valence-electron chi connectivity index (χ3n) is 2.90. The molecule has 5 nitrogen and oxygen atoms in total. The first kappa shape index (κ1) is 17.3. The molecule has 0 saturated carbocycles. The quantitative estimate of drug-likeness (QED) is 0.768. The Bertz CT molecular complexity index is 470. The topological polar surface area (TPSA) is 65.5 Å². The molecule has 0 bridgehead atoms. The van der Waals surface area contributed by atoms with Gasteiger partial charge < -0.3 is 15.3 Å². The number of alkyl halides is 2. The number of pyridine rings is 1. The Morgan fingerprint density at radius 1 is 1.48 bits per heavy atom. The largest absolute Gasteiger partial charge is 0.395 e. The Morgan fingerprint density at radius 2 is 2.19 bits per heavy atom. The molecule has 0 spiro atoms. The number of aliphatic hydroxyl groups excluding tert-OH is 1. The number of amides is 1. The molecular formula is C14H21F2N3O2. The summed E-state index contributed by atoms with van der Waals surface area (Å²) in [6.07, 6.45) is -1.07. The van der Waals surface area contributed by atoms with Crippen LogP contribution in [0, 0.1) is 0 Å². The number of halogens is 2. The van der Waals surface area contributed by atoms with Crippen molar-refractivity contribution in [2.24, 2.45) is 0 Å².